The van der Waals surface area contributed by atoms with Gasteiger partial charge < -0.3 is 0 Å². The number of nitrogens with one attached hydrogen (secondary N) is 3. The van der Waals surface area contributed by atoms with Gasteiger partial charge in [-0.25, -0.2) is 0 Å². The standard InChI is InChI=1S/C26H26FIN5O5/c1-36-24-16(27)5-2-6-18(24)31-23-20-22-17(10-30-25(20)34)28-38-26(35)33-9-3-4-14(12-33)13-37-19-11-29-8-7-15(19)21(23)32-22/h2,5-8,11,14,17,31-32H,3-4,9-10,12-13H2,1H3,(H,30,34)/q-1/t14?,17-/m0/s1. The Morgan fingerprint density at radius 2 is 2.18 bits per heavy atom. The molecule has 2 aromatic heterocycles. The number of hydrogen-bond acceptors (Lipinski definition) is 7. The summed E-state index contributed by atoms with van der Waals surface area (Å²) in [6, 6.07) is 6.37. The van der Waals surface area contributed by atoms with Gasteiger partial charge in [0.05, 0.1) is 0 Å². The first kappa shape index (κ1) is 24.8. The number of carbonyl (C=O) groups excluding carboxylic acids is 2. The number of aromatic nitrogens is 2. The Hall–Kier alpha value is -3.55. The Balaban J connectivity index is 1.51. The topological polar surface area (TPSA) is 118 Å². The average Bonchev–Trinajstić information content (AvgIpc) is 3.31. The fourth-order valence-corrected chi connectivity index (χ4v) is 7.06. The van der Waals surface area contributed by atoms with Crippen LogP contribution in [-0.2, 0) is 3.07 Å². The minimum atomic E-state index is -1.11. The molecule has 200 valence electrons. The van der Waals surface area contributed by atoms with E-state index in [4.69, 9.17) is 12.5 Å². The van der Waals surface area contributed by atoms with Crippen LogP contribution in [-0.4, -0.2) is 60.2 Å². The predicted molar refractivity (Wildman–Crippen MR) is 132 cm³/mol. The third-order valence-electron chi connectivity index (χ3n) is 6.97. The average molecular weight is 634 g/mol. The molecule has 6 rings (SSSR count). The van der Waals surface area contributed by atoms with Gasteiger partial charge in [0.2, 0.25) is 0 Å². The molecule has 10 nitrogen and oxygen atoms in total. The van der Waals surface area contributed by atoms with Crippen molar-refractivity contribution in [1.29, 1.82) is 0 Å². The van der Waals surface area contributed by atoms with E-state index < -0.39 is 27.4 Å². The van der Waals surface area contributed by atoms with Gasteiger partial charge in [0.25, 0.3) is 0 Å². The Morgan fingerprint density at radius 3 is 3.05 bits per heavy atom. The SMILES string of the molecule is COc1c(F)cccc1Nc1c2[nH]c3c1C(=O)NC[C@@H]3[I-]OC(=O)N1CCCC(COc3cnccc3-2)C1. The number of hydrogen-bond donors (Lipinski definition) is 3. The summed E-state index contributed by atoms with van der Waals surface area (Å²) in [4.78, 5) is 35.6. The predicted octanol–water partition coefficient (Wildman–Crippen LogP) is 0.997. The van der Waals surface area contributed by atoms with Crippen LogP contribution < -0.4 is 41.7 Å². The summed E-state index contributed by atoms with van der Waals surface area (Å²) in [7, 11) is 1.39. The van der Waals surface area contributed by atoms with E-state index in [9.17, 15) is 14.0 Å². The van der Waals surface area contributed by atoms with Gasteiger partial charge >= 0.3 is 230 Å². The molecule has 2 atom stereocenters. The number of benzene rings is 1. The number of anilines is 2. The number of rotatable bonds is 3. The van der Waals surface area contributed by atoms with Gasteiger partial charge in [0.15, 0.2) is 0 Å². The number of fused-ring (bicyclic) bond motifs is 5. The first-order valence-electron chi connectivity index (χ1n) is 12.3. The van der Waals surface area contributed by atoms with Crippen molar-refractivity contribution in [3.8, 4) is 22.8 Å². The summed E-state index contributed by atoms with van der Waals surface area (Å²) in [5, 5.41) is 6.19. The number of methoxy groups -OCH3 is 1. The normalized spacial score (nSPS) is 21.1. The third-order valence-corrected chi connectivity index (χ3v) is 9.27. The van der Waals surface area contributed by atoms with Crippen molar-refractivity contribution in [2.75, 3.05) is 38.7 Å². The maximum absolute atomic E-state index is 14.5. The molecule has 5 heterocycles. The van der Waals surface area contributed by atoms with Crippen molar-refractivity contribution in [1.82, 2.24) is 20.2 Å². The Labute approximate surface area is 229 Å². The molecule has 0 spiro atoms. The number of ether oxygens (including phenoxy) is 2. The number of alkyl halides is 1. The van der Waals surface area contributed by atoms with Crippen molar-refractivity contribution >= 4 is 23.4 Å². The molecule has 3 aliphatic rings. The summed E-state index contributed by atoms with van der Waals surface area (Å²) >= 11 is -1.11. The number of nitrogens with zero attached hydrogens (tertiary/aromatic N) is 2. The number of carbonyl (C=O) groups is 2. The van der Waals surface area contributed by atoms with Gasteiger partial charge in [0, 0.05) is 0 Å². The zero-order valence-electron chi connectivity index (χ0n) is 20.6. The van der Waals surface area contributed by atoms with Crippen LogP contribution in [0.4, 0.5) is 20.6 Å². The van der Waals surface area contributed by atoms with Crippen LogP contribution in [0.5, 0.6) is 11.5 Å². The summed E-state index contributed by atoms with van der Waals surface area (Å²) in [6.07, 6.45) is 4.80. The second-order valence-corrected chi connectivity index (χ2v) is 11.8. The fraction of sp³-hybridized carbons (Fsp3) is 0.346. The molecule has 4 bridgehead atoms. The van der Waals surface area contributed by atoms with Gasteiger partial charge in [-0.3, -0.25) is 0 Å². The molecule has 3 aliphatic heterocycles. The van der Waals surface area contributed by atoms with Gasteiger partial charge in [-0.15, -0.1) is 0 Å². The first-order chi connectivity index (χ1) is 18.5. The van der Waals surface area contributed by atoms with E-state index in [1.54, 1.807) is 29.4 Å². The van der Waals surface area contributed by atoms with E-state index in [0.717, 1.165) is 12.8 Å². The van der Waals surface area contributed by atoms with Crippen LogP contribution in [0.3, 0.4) is 0 Å². The number of amides is 2. The van der Waals surface area contributed by atoms with Crippen molar-refractivity contribution < 1.29 is 48.1 Å². The molecule has 1 saturated heterocycles. The summed E-state index contributed by atoms with van der Waals surface area (Å²) in [5.41, 5.74) is 3.17. The molecular formula is C26H26FIN5O5-. The fourth-order valence-electron chi connectivity index (χ4n) is 5.13. The van der Waals surface area contributed by atoms with Crippen molar-refractivity contribution in [2.45, 2.75) is 16.8 Å². The number of piperidine rings is 1. The summed E-state index contributed by atoms with van der Waals surface area (Å²) in [5.74, 6) is -0.0859. The first-order valence-corrected chi connectivity index (χ1v) is 14.5. The van der Waals surface area contributed by atoms with Crippen LogP contribution in [0.25, 0.3) is 11.3 Å². The molecule has 3 N–H and O–H groups in total. The molecule has 1 aromatic carbocycles. The second-order valence-electron chi connectivity index (χ2n) is 9.36. The molecule has 1 unspecified atom stereocenters. The maximum atomic E-state index is 14.5. The molecule has 12 heteroatoms. The van der Waals surface area contributed by atoms with Crippen molar-refractivity contribution in [2.24, 2.45) is 5.92 Å². The minimum absolute atomic E-state index is 0.0286. The number of H-pyrrole nitrogens is 1. The Kier molecular flexibility index (Phi) is 6.72. The van der Waals surface area contributed by atoms with Gasteiger partial charge in [0.1, 0.15) is 0 Å². The molecule has 2 amide bonds. The quantitative estimate of drug-likeness (QED) is 0.291. The monoisotopic (exact) mass is 634 g/mol. The summed E-state index contributed by atoms with van der Waals surface area (Å²) in [6.45, 7) is 1.97. The van der Waals surface area contributed by atoms with Crippen LogP contribution >= 0.6 is 0 Å². The zero-order chi connectivity index (χ0) is 26.2. The van der Waals surface area contributed by atoms with E-state index in [2.05, 4.69) is 20.6 Å². The van der Waals surface area contributed by atoms with E-state index in [1.165, 1.54) is 13.2 Å². The second kappa shape index (κ2) is 10.3. The van der Waals surface area contributed by atoms with E-state index in [1.807, 2.05) is 6.07 Å². The van der Waals surface area contributed by atoms with Gasteiger partial charge in [-0.1, -0.05) is 0 Å². The van der Waals surface area contributed by atoms with Crippen LogP contribution in [0, 0.1) is 11.7 Å². The van der Waals surface area contributed by atoms with Gasteiger partial charge in [-0.05, 0) is 0 Å². The van der Waals surface area contributed by atoms with E-state index in [0.29, 0.717) is 65.9 Å². The zero-order valence-corrected chi connectivity index (χ0v) is 22.7. The van der Waals surface area contributed by atoms with Crippen molar-refractivity contribution in [3.63, 3.8) is 0 Å². The molecule has 0 saturated carbocycles. The Morgan fingerprint density at radius 1 is 1.29 bits per heavy atom. The molecular weight excluding hydrogens is 608 g/mol. The van der Waals surface area contributed by atoms with Crippen LogP contribution in [0.2, 0.25) is 0 Å². The molecule has 0 aliphatic carbocycles. The molecule has 0 radical (unpaired) electrons. The van der Waals surface area contributed by atoms with E-state index >= 15 is 0 Å². The third kappa shape index (κ3) is 4.50. The van der Waals surface area contributed by atoms with Crippen molar-refractivity contribution in [3.05, 3.63) is 53.7 Å². The van der Waals surface area contributed by atoms with Crippen LogP contribution in [0.15, 0.2) is 36.7 Å². The molecule has 3 aromatic rings. The molecule has 1 fully saturated rings. The number of para-hydroxylation sites is 1. The number of pyridine rings is 1. The number of halogens is 2. The van der Waals surface area contributed by atoms with Gasteiger partial charge in [-0.2, -0.15) is 0 Å². The van der Waals surface area contributed by atoms with Crippen LogP contribution in [0.1, 0.15) is 32.8 Å². The number of aromatic amines is 1. The summed E-state index contributed by atoms with van der Waals surface area (Å²) < 4.78 is 31.7. The Bertz CT molecular complexity index is 1400. The molecule has 38 heavy (non-hydrogen) atoms. The van der Waals surface area contributed by atoms with E-state index in [-0.39, 0.29) is 27.6 Å².